The number of nitrogens with one attached hydrogen (secondary N) is 1. The number of hydrogen-bond acceptors (Lipinski definition) is 2. The van der Waals surface area contributed by atoms with E-state index >= 15 is 0 Å². The van der Waals surface area contributed by atoms with E-state index < -0.39 is 0 Å². The predicted octanol–water partition coefficient (Wildman–Crippen LogP) is 3.56. The molecule has 0 amide bonds. The Balaban J connectivity index is 2.00. The lowest BCUT2D eigenvalue weighted by atomic mass is 9.78. The first-order chi connectivity index (χ1) is 8.18. The fraction of sp³-hybridized carbons (Fsp3) is 0.667. The van der Waals surface area contributed by atoms with Gasteiger partial charge in [-0.25, -0.2) is 0 Å². The van der Waals surface area contributed by atoms with Crippen LogP contribution in [-0.2, 0) is 0 Å². The van der Waals surface area contributed by atoms with Crippen molar-refractivity contribution in [3.63, 3.8) is 0 Å². The fourth-order valence-corrected chi connectivity index (χ4v) is 3.02. The van der Waals surface area contributed by atoms with Gasteiger partial charge in [0, 0.05) is 18.3 Å². The van der Waals surface area contributed by atoms with E-state index in [4.69, 9.17) is 0 Å². The van der Waals surface area contributed by atoms with E-state index in [-0.39, 0.29) is 0 Å². The van der Waals surface area contributed by atoms with Crippen molar-refractivity contribution in [1.82, 2.24) is 10.3 Å². The fourth-order valence-electron chi connectivity index (χ4n) is 3.02. The van der Waals surface area contributed by atoms with E-state index in [1.54, 1.807) is 0 Å². The maximum absolute atomic E-state index is 4.43. The van der Waals surface area contributed by atoms with Crippen molar-refractivity contribution in [2.75, 3.05) is 0 Å². The maximum Gasteiger partial charge on any atom is 0.0570 e. The molecule has 1 fully saturated rings. The summed E-state index contributed by atoms with van der Waals surface area (Å²) in [6.45, 7) is 6.97. The minimum atomic E-state index is 0.351. The Morgan fingerprint density at radius 3 is 2.53 bits per heavy atom. The molecule has 0 aliphatic heterocycles. The molecule has 1 aliphatic carbocycles. The number of hydrogen-bond donors (Lipinski definition) is 1. The van der Waals surface area contributed by atoms with Gasteiger partial charge in [0.1, 0.15) is 0 Å². The number of aromatic nitrogens is 1. The van der Waals surface area contributed by atoms with E-state index in [1.165, 1.54) is 19.3 Å². The molecule has 94 valence electrons. The van der Waals surface area contributed by atoms with Crippen LogP contribution in [0.2, 0.25) is 0 Å². The minimum Gasteiger partial charge on any atom is -0.306 e. The highest BCUT2D eigenvalue weighted by Crippen LogP contribution is 2.30. The average molecular weight is 232 g/mol. The van der Waals surface area contributed by atoms with Crippen LogP contribution in [0.5, 0.6) is 0 Å². The van der Waals surface area contributed by atoms with Crippen LogP contribution >= 0.6 is 0 Å². The second-order valence-corrected chi connectivity index (χ2v) is 5.55. The highest BCUT2D eigenvalue weighted by molar-refractivity contribution is 5.08. The van der Waals surface area contributed by atoms with E-state index in [2.05, 4.69) is 43.2 Å². The van der Waals surface area contributed by atoms with Crippen LogP contribution in [0.15, 0.2) is 24.4 Å². The first-order valence-electron chi connectivity index (χ1n) is 6.85. The molecule has 0 spiro atoms. The molecule has 1 aliphatic rings. The van der Waals surface area contributed by atoms with Crippen LogP contribution < -0.4 is 5.32 Å². The monoisotopic (exact) mass is 232 g/mol. The largest absolute Gasteiger partial charge is 0.306 e. The molecule has 2 unspecified atom stereocenters. The van der Waals surface area contributed by atoms with Gasteiger partial charge in [-0.1, -0.05) is 26.3 Å². The molecule has 2 rings (SSSR count). The Morgan fingerprint density at radius 1 is 1.24 bits per heavy atom. The molecular weight excluding hydrogens is 208 g/mol. The molecular formula is C15H24N2. The highest BCUT2D eigenvalue weighted by Gasteiger charge is 2.28. The van der Waals surface area contributed by atoms with Crippen molar-refractivity contribution in [1.29, 1.82) is 0 Å². The smallest absolute Gasteiger partial charge is 0.0570 e. The summed E-state index contributed by atoms with van der Waals surface area (Å²) >= 11 is 0. The third-order valence-corrected chi connectivity index (χ3v) is 4.12. The molecule has 2 heteroatoms. The zero-order valence-electron chi connectivity index (χ0n) is 11.2. The lowest BCUT2D eigenvalue weighted by molar-refractivity contribution is 0.195. The molecule has 0 saturated heterocycles. The van der Waals surface area contributed by atoms with Gasteiger partial charge in [-0.2, -0.15) is 0 Å². The van der Waals surface area contributed by atoms with Crippen LogP contribution in [-0.4, -0.2) is 11.0 Å². The Hall–Kier alpha value is -0.890. The zero-order chi connectivity index (χ0) is 12.3. The van der Waals surface area contributed by atoms with E-state index in [0.29, 0.717) is 12.1 Å². The van der Waals surface area contributed by atoms with E-state index in [0.717, 1.165) is 17.5 Å². The number of pyridine rings is 1. The van der Waals surface area contributed by atoms with Gasteiger partial charge in [0.2, 0.25) is 0 Å². The third kappa shape index (κ3) is 3.06. The van der Waals surface area contributed by atoms with Gasteiger partial charge in [-0.05, 0) is 43.7 Å². The summed E-state index contributed by atoms with van der Waals surface area (Å²) in [5.74, 6) is 1.56. The van der Waals surface area contributed by atoms with Crippen LogP contribution in [0.3, 0.4) is 0 Å². The zero-order valence-corrected chi connectivity index (χ0v) is 11.2. The van der Waals surface area contributed by atoms with Gasteiger partial charge in [-0.15, -0.1) is 0 Å². The van der Waals surface area contributed by atoms with E-state index in [1.807, 2.05) is 12.3 Å². The summed E-state index contributed by atoms with van der Waals surface area (Å²) < 4.78 is 0. The lowest BCUT2D eigenvalue weighted by Crippen LogP contribution is -2.44. The predicted molar refractivity (Wildman–Crippen MR) is 71.8 cm³/mol. The maximum atomic E-state index is 4.43. The van der Waals surface area contributed by atoms with Gasteiger partial charge in [-0.3, -0.25) is 4.98 Å². The molecule has 2 nitrogen and oxygen atoms in total. The molecule has 1 aromatic heterocycles. The summed E-state index contributed by atoms with van der Waals surface area (Å²) in [6, 6.07) is 7.14. The highest BCUT2D eigenvalue weighted by atomic mass is 15.0. The number of nitrogens with zero attached hydrogens (tertiary/aromatic N) is 1. The van der Waals surface area contributed by atoms with Crippen LogP contribution in [0.4, 0.5) is 0 Å². The molecule has 1 aromatic rings. The molecule has 0 aromatic carbocycles. The Morgan fingerprint density at radius 2 is 1.94 bits per heavy atom. The standard InChI is InChI=1S/C15H24N2/c1-11-7-6-8-12(2)15(11)17-13(3)14-9-4-5-10-16-14/h4-5,9-13,15,17H,6-8H2,1-3H3/t11?,12?,13-,15?/m1/s1. The Bertz CT molecular complexity index is 326. The number of rotatable bonds is 3. The molecule has 0 radical (unpaired) electrons. The van der Waals surface area contributed by atoms with Crippen LogP contribution in [0.25, 0.3) is 0 Å². The van der Waals surface area contributed by atoms with Crippen molar-refractivity contribution in [3.05, 3.63) is 30.1 Å². The quantitative estimate of drug-likeness (QED) is 0.862. The Labute approximate surface area is 105 Å². The van der Waals surface area contributed by atoms with E-state index in [9.17, 15) is 0 Å². The second-order valence-electron chi connectivity index (χ2n) is 5.55. The van der Waals surface area contributed by atoms with Gasteiger partial charge in [0.25, 0.3) is 0 Å². The lowest BCUT2D eigenvalue weighted by Gasteiger charge is -2.37. The SMILES string of the molecule is CC1CCCC(C)C1N[C@H](C)c1ccccn1. The van der Waals surface area contributed by atoms with Crippen molar-refractivity contribution >= 4 is 0 Å². The van der Waals surface area contributed by atoms with Crippen LogP contribution in [0.1, 0.15) is 51.8 Å². The van der Waals surface area contributed by atoms with Gasteiger partial charge >= 0.3 is 0 Å². The first-order valence-corrected chi connectivity index (χ1v) is 6.85. The molecule has 0 bridgehead atoms. The molecule has 3 atom stereocenters. The second kappa shape index (κ2) is 5.63. The minimum absolute atomic E-state index is 0.351. The Kier molecular flexibility index (Phi) is 4.16. The van der Waals surface area contributed by atoms with Gasteiger partial charge in [0.15, 0.2) is 0 Å². The first kappa shape index (κ1) is 12.6. The molecule has 1 heterocycles. The summed E-state index contributed by atoms with van der Waals surface area (Å²) in [5, 5.41) is 3.77. The van der Waals surface area contributed by atoms with Crippen LogP contribution in [0, 0.1) is 11.8 Å². The summed E-state index contributed by atoms with van der Waals surface area (Å²) in [7, 11) is 0. The summed E-state index contributed by atoms with van der Waals surface area (Å²) in [4.78, 5) is 4.43. The molecule has 17 heavy (non-hydrogen) atoms. The topological polar surface area (TPSA) is 24.9 Å². The van der Waals surface area contributed by atoms with Crippen molar-refractivity contribution in [3.8, 4) is 0 Å². The summed E-state index contributed by atoms with van der Waals surface area (Å²) in [6.07, 6.45) is 5.98. The van der Waals surface area contributed by atoms with Crippen molar-refractivity contribution in [2.24, 2.45) is 11.8 Å². The van der Waals surface area contributed by atoms with Crippen molar-refractivity contribution in [2.45, 2.75) is 52.1 Å². The molecule has 1 N–H and O–H groups in total. The summed E-state index contributed by atoms with van der Waals surface area (Å²) in [5.41, 5.74) is 1.15. The average Bonchev–Trinajstić information content (AvgIpc) is 2.35. The third-order valence-electron chi connectivity index (χ3n) is 4.12. The normalized spacial score (nSPS) is 31.1. The van der Waals surface area contributed by atoms with Gasteiger partial charge in [0.05, 0.1) is 5.69 Å². The van der Waals surface area contributed by atoms with Crippen molar-refractivity contribution < 1.29 is 0 Å². The van der Waals surface area contributed by atoms with Gasteiger partial charge < -0.3 is 5.32 Å². The molecule has 1 saturated carbocycles.